The minimum atomic E-state index is -4.85. The summed E-state index contributed by atoms with van der Waals surface area (Å²) >= 11 is 5.69. The van der Waals surface area contributed by atoms with E-state index >= 15 is 0 Å². The molecule has 6 rings (SSSR count). The van der Waals surface area contributed by atoms with E-state index in [9.17, 15) is 37.6 Å². The lowest BCUT2D eigenvalue weighted by atomic mass is 9.93. The van der Waals surface area contributed by atoms with Crippen molar-refractivity contribution < 1.29 is 37.1 Å². The molecule has 1 aliphatic carbocycles. The number of hydrogen-bond donors (Lipinski definition) is 2. The molecule has 0 unspecified atom stereocenters. The maximum Gasteiger partial charge on any atom is 0.419 e. The van der Waals surface area contributed by atoms with Crippen LogP contribution in [-0.2, 0) is 31.8 Å². The average Bonchev–Trinajstić information content (AvgIpc) is 3.37. The molecule has 2 amide bonds. The number of carbonyl (C=O) groups is 4. The number of pyridine rings is 1. The van der Waals surface area contributed by atoms with Gasteiger partial charge in [-0.3, -0.25) is 29.0 Å². The molecular formula is C42H50F3N7O5S3. The molecule has 0 spiro atoms. The number of nitrogens with zero attached hydrogens (tertiary/aromatic N) is 5. The molecule has 3 aromatic rings. The minimum absolute atomic E-state index is 0. The van der Waals surface area contributed by atoms with Crippen LogP contribution in [0.15, 0.2) is 54.7 Å². The zero-order valence-electron chi connectivity index (χ0n) is 33.8. The van der Waals surface area contributed by atoms with Crippen molar-refractivity contribution in [3.05, 3.63) is 71.5 Å². The van der Waals surface area contributed by atoms with Gasteiger partial charge in [-0.25, -0.2) is 4.98 Å². The number of ether oxygens (including phenoxy) is 1. The number of aryl methyl sites for hydroxylation is 1. The van der Waals surface area contributed by atoms with Gasteiger partial charge in [-0.2, -0.15) is 45.4 Å². The van der Waals surface area contributed by atoms with Crippen LogP contribution >= 0.6 is 39.2 Å². The van der Waals surface area contributed by atoms with Crippen LogP contribution in [0.2, 0.25) is 0 Å². The number of benzene rings is 2. The number of Topliss-reactive ketones (excluding diaryl/α,β-unsaturated/α-hetero) is 2. The number of likely N-dealkylation sites (tertiary alicyclic amines) is 1. The Hall–Kier alpha value is -4.70. The Bertz CT molecular complexity index is 2160. The van der Waals surface area contributed by atoms with Gasteiger partial charge in [0.2, 0.25) is 5.91 Å². The van der Waals surface area contributed by atoms with Crippen molar-refractivity contribution in [1.82, 2.24) is 9.88 Å². The van der Waals surface area contributed by atoms with Crippen LogP contribution in [0, 0.1) is 17.2 Å². The summed E-state index contributed by atoms with van der Waals surface area (Å²) in [5.41, 5.74) is -0.680. The van der Waals surface area contributed by atoms with E-state index in [2.05, 4.69) is 20.5 Å². The summed E-state index contributed by atoms with van der Waals surface area (Å²) in [6, 6.07) is 14.1. The zero-order valence-corrected chi connectivity index (χ0v) is 36.6. The van der Waals surface area contributed by atoms with Gasteiger partial charge in [-0.05, 0) is 132 Å². The van der Waals surface area contributed by atoms with Gasteiger partial charge in [0.25, 0.3) is 5.91 Å². The van der Waals surface area contributed by atoms with Gasteiger partial charge in [0.15, 0.2) is 16.6 Å². The summed E-state index contributed by atoms with van der Waals surface area (Å²) in [5, 5.41) is 15.4. The predicted molar refractivity (Wildman–Crippen MR) is 237 cm³/mol. The number of hydrogen-bond acceptors (Lipinski definition) is 10. The van der Waals surface area contributed by atoms with Crippen molar-refractivity contribution in [1.29, 1.82) is 5.26 Å². The Morgan fingerprint density at radius 3 is 2.40 bits per heavy atom. The molecule has 18 heteroatoms. The number of thiocarbonyl (C=S) groups is 1. The van der Waals surface area contributed by atoms with Crippen LogP contribution in [0.3, 0.4) is 0 Å². The molecule has 2 N–H and O–H groups in total. The first-order chi connectivity index (χ1) is 27.5. The maximum atomic E-state index is 13.7. The second-order valence-electron chi connectivity index (χ2n) is 15.4. The standard InChI is InChI=1S/C42H46F3N7O5S.2H2S/c1-5-27-19-30(52-40(58)51(39(56)41(52,3)4)31-21-33(42(43,44)45)35(23-46)47-24-31)9-12-37(27)57-18-15-26-13-16-50(17-14-26)25(2)38(55)49-29-8-6-7-28(20-29)48-34-11-10-32(53)22-36(34)54;;/h6-9,12,19-21,24-26,34,48H,5,10-11,13-18,22H2,1-4H3,(H,49,55);2*1H2/t25-,34-;;/m0../s1. The monoisotopic (exact) mass is 885 g/mol. The van der Waals surface area contributed by atoms with E-state index in [4.69, 9.17) is 17.0 Å². The van der Waals surface area contributed by atoms with E-state index in [1.807, 2.05) is 38.1 Å². The molecule has 60 heavy (non-hydrogen) atoms. The number of ketones is 2. The highest BCUT2D eigenvalue weighted by Crippen LogP contribution is 2.40. The SMILES string of the molecule is CCc1cc(N2C(=S)N(c3cnc(C#N)c(C(F)(F)F)c3)C(=O)C2(C)C)ccc1OCCC1CCN([C@@H](C)C(=O)Nc2cccc(N[C@H]3CCC(=O)CC3=O)c2)CC1.S.S. The summed E-state index contributed by atoms with van der Waals surface area (Å²) in [7, 11) is 0. The number of carbonyl (C=O) groups excluding carboxylic acids is 4. The highest BCUT2D eigenvalue weighted by atomic mass is 32.1. The summed E-state index contributed by atoms with van der Waals surface area (Å²) in [4.78, 5) is 59.2. The molecule has 0 radical (unpaired) electrons. The zero-order chi connectivity index (χ0) is 41.9. The Morgan fingerprint density at radius 1 is 1.05 bits per heavy atom. The van der Waals surface area contributed by atoms with Crippen LogP contribution in [-0.4, -0.2) is 75.7 Å². The van der Waals surface area contributed by atoms with Crippen molar-refractivity contribution >= 4 is 90.5 Å². The average molecular weight is 886 g/mol. The smallest absolute Gasteiger partial charge is 0.419 e. The van der Waals surface area contributed by atoms with E-state index in [0.717, 1.165) is 55.1 Å². The molecule has 1 aromatic heterocycles. The van der Waals surface area contributed by atoms with Crippen LogP contribution in [0.1, 0.15) is 83.0 Å². The van der Waals surface area contributed by atoms with E-state index in [1.54, 1.807) is 36.9 Å². The molecular weight excluding hydrogens is 836 g/mol. The molecule has 2 aromatic carbocycles. The third-order valence-electron chi connectivity index (χ3n) is 11.2. The number of aromatic nitrogens is 1. The van der Waals surface area contributed by atoms with Gasteiger partial charge < -0.3 is 20.3 Å². The second kappa shape index (κ2) is 19.8. The van der Waals surface area contributed by atoms with Gasteiger partial charge in [-0.1, -0.05) is 13.0 Å². The van der Waals surface area contributed by atoms with Crippen LogP contribution in [0.4, 0.5) is 35.9 Å². The topological polar surface area (TPSA) is 148 Å². The number of amides is 2. The van der Waals surface area contributed by atoms with Gasteiger partial charge >= 0.3 is 6.18 Å². The first kappa shape index (κ1) is 48.0. The Kier molecular flexibility index (Phi) is 15.8. The lowest BCUT2D eigenvalue weighted by Crippen LogP contribution is -2.46. The van der Waals surface area contributed by atoms with Crippen molar-refractivity contribution in [3.63, 3.8) is 0 Å². The van der Waals surface area contributed by atoms with Crippen molar-refractivity contribution in [2.45, 2.75) is 96.4 Å². The number of nitriles is 1. The van der Waals surface area contributed by atoms with E-state index in [1.165, 1.54) is 6.07 Å². The summed E-state index contributed by atoms with van der Waals surface area (Å²) < 4.78 is 47.5. The van der Waals surface area contributed by atoms with E-state index in [0.29, 0.717) is 54.6 Å². The molecule has 2 aliphatic heterocycles. The van der Waals surface area contributed by atoms with E-state index in [-0.39, 0.29) is 67.7 Å². The Labute approximate surface area is 367 Å². The number of halogens is 3. The summed E-state index contributed by atoms with van der Waals surface area (Å²) in [6.07, 6.45) is 0.222. The van der Waals surface area contributed by atoms with Gasteiger partial charge in [0, 0.05) is 23.5 Å². The normalized spacial score (nSPS) is 18.9. The van der Waals surface area contributed by atoms with Crippen LogP contribution in [0.25, 0.3) is 0 Å². The van der Waals surface area contributed by atoms with Crippen molar-refractivity contribution in [2.24, 2.45) is 5.92 Å². The third-order valence-corrected chi connectivity index (χ3v) is 11.6. The molecule has 3 aliphatic rings. The van der Waals surface area contributed by atoms with Crippen molar-refractivity contribution in [2.75, 3.05) is 40.1 Å². The second-order valence-corrected chi connectivity index (χ2v) is 15.8. The van der Waals surface area contributed by atoms with E-state index < -0.39 is 34.9 Å². The predicted octanol–water partition coefficient (Wildman–Crippen LogP) is 7.29. The van der Waals surface area contributed by atoms with Gasteiger partial charge in [0.1, 0.15) is 23.1 Å². The van der Waals surface area contributed by atoms with Crippen LogP contribution < -0.4 is 25.2 Å². The molecule has 0 bridgehead atoms. The fourth-order valence-electron chi connectivity index (χ4n) is 7.75. The Morgan fingerprint density at radius 2 is 1.75 bits per heavy atom. The summed E-state index contributed by atoms with van der Waals surface area (Å²) in [6.45, 7) is 9.15. The fraction of sp³-hybridized carbons (Fsp3) is 0.452. The quantitative estimate of drug-likeness (QED) is 0.140. The number of rotatable bonds is 12. The lowest BCUT2D eigenvalue weighted by molar-refractivity contribution is -0.138. The minimum Gasteiger partial charge on any atom is -0.493 e. The number of alkyl halides is 3. The number of piperidine rings is 1. The molecule has 2 atom stereocenters. The van der Waals surface area contributed by atoms with Crippen molar-refractivity contribution in [3.8, 4) is 11.8 Å². The fourth-order valence-corrected chi connectivity index (χ4v) is 8.27. The molecule has 1 saturated carbocycles. The summed E-state index contributed by atoms with van der Waals surface area (Å²) in [5.74, 6) is 0.288. The Balaban J connectivity index is 0.00000397. The highest BCUT2D eigenvalue weighted by molar-refractivity contribution is 7.81. The highest BCUT2D eigenvalue weighted by Gasteiger charge is 2.51. The number of anilines is 4. The molecule has 3 fully saturated rings. The third kappa shape index (κ3) is 10.4. The molecule has 322 valence electrons. The largest absolute Gasteiger partial charge is 0.493 e. The first-order valence-electron chi connectivity index (χ1n) is 19.4. The van der Waals surface area contributed by atoms with Gasteiger partial charge in [-0.15, -0.1) is 0 Å². The molecule has 3 heterocycles. The molecule has 2 saturated heterocycles. The lowest BCUT2D eigenvalue weighted by Gasteiger charge is -2.35. The first-order valence-corrected chi connectivity index (χ1v) is 19.8. The van der Waals surface area contributed by atoms with Gasteiger partial charge in [0.05, 0.1) is 42.6 Å². The number of nitrogens with one attached hydrogen (secondary N) is 2. The molecule has 12 nitrogen and oxygen atoms in total. The van der Waals surface area contributed by atoms with Crippen LogP contribution in [0.5, 0.6) is 5.75 Å². The maximum absolute atomic E-state index is 13.7.